The Bertz CT molecular complexity index is 697. The molecule has 2 aromatic carbocycles. The predicted octanol–water partition coefficient (Wildman–Crippen LogP) is 4.12. The van der Waals surface area contributed by atoms with E-state index in [1.807, 2.05) is 31.2 Å². The number of benzene rings is 2. The van der Waals surface area contributed by atoms with E-state index >= 15 is 0 Å². The van der Waals surface area contributed by atoms with E-state index in [-0.39, 0.29) is 17.8 Å². The Balaban J connectivity index is 2.10. The van der Waals surface area contributed by atoms with Crippen LogP contribution in [0, 0.1) is 5.82 Å². The number of ether oxygens (including phenoxy) is 1. The van der Waals surface area contributed by atoms with Crippen LogP contribution in [0.5, 0.6) is 5.75 Å². The minimum absolute atomic E-state index is 0.163. The van der Waals surface area contributed by atoms with Crippen LogP contribution in [0.25, 0.3) is 6.08 Å². The fraction of sp³-hybridized carbons (Fsp3) is 0.211. The van der Waals surface area contributed by atoms with E-state index in [0.29, 0.717) is 5.56 Å². The molecule has 0 aliphatic heterocycles. The molecule has 23 heavy (non-hydrogen) atoms. The van der Waals surface area contributed by atoms with E-state index in [1.165, 1.54) is 18.2 Å². The van der Waals surface area contributed by atoms with Gasteiger partial charge in [-0.2, -0.15) is 0 Å². The van der Waals surface area contributed by atoms with Crippen molar-refractivity contribution >= 4 is 12.0 Å². The largest absolute Gasteiger partial charge is 0.496 e. The van der Waals surface area contributed by atoms with Crippen molar-refractivity contribution in [2.75, 3.05) is 7.11 Å². The molecule has 0 radical (unpaired) electrons. The Morgan fingerprint density at radius 1 is 1.22 bits per heavy atom. The van der Waals surface area contributed by atoms with Crippen LogP contribution < -0.4 is 10.1 Å². The maximum Gasteiger partial charge on any atom is 0.244 e. The topological polar surface area (TPSA) is 38.3 Å². The number of halogens is 1. The second-order valence-electron chi connectivity index (χ2n) is 5.07. The third-order valence-corrected chi connectivity index (χ3v) is 3.56. The van der Waals surface area contributed by atoms with E-state index in [9.17, 15) is 9.18 Å². The fourth-order valence-corrected chi connectivity index (χ4v) is 2.35. The lowest BCUT2D eigenvalue weighted by molar-refractivity contribution is -0.117. The van der Waals surface area contributed by atoms with E-state index in [4.69, 9.17) is 4.74 Å². The number of nitrogens with one attached hydrogen (secondary N) is 1. The number of carbonyl (C=O) groups is 1. The zero-order chi connectivity index (χ0) is 16.7. The summed E-state index contributed by atoms with van der Waals surface area (Å²) in [5.41, 5.74) is 1.30. The van der Waals surface area contributed by atoms with Crippen LogP contribution in [0.1, 0.15) is 30.5 Å². The SMILES string of the molecule is CCC(NC(=O)/C=C/c1ccccc1F)c1ccccc1OC. The van der Waals surface area contributed by atoms with Crippen molar-refractivity contribution in [1.29, 1.82) is 0 Å². The van der Waals surface area contributed by atoms with Gasteiger partial charge in [0.25, 0.3) is 0 Å². The molecule has 1 atom stereocenters. The van der Waals surface area contributed by atoms with Crippen LogP contribution in [0.2, 0.25) is 0 Å². The minimum atomic E-state index is -0.353. The summed E-state index contributed by atoms with van der Waals surface area (Å²) in [6.45, 7) is 1.98. The molecule has 0 heterocycles. The number of rotatable bonds is 6. The molecule has 0 aromatic heterocycles. The van der Waals surface area contributed by atoms with Gasteiger partial charge in [-0.3, -0.25) is 4.79 Å². The molecule has 2 aromatic rings. The zero-order valence-corrected chi connectivity index (χ0v) is 13.3. The molecule has 0 spiro atoms. The number of para-hydroxylation sites is 1. The Labute approximate surface area is 135 Å². The maximum atomic E-state index is 13.5. The quantitative estimate of drug-likeness (QED) is 0.815. The van der Waals surface area contributed by atoms with Crippen molar-refractivity contribution in [3.05, 3.63) is 71.6 Å². The lowest BCUT2D eigenvalue weighted by Crippen LogP contribution is -2.26. The fourth-order valence-electron chi connectivity index (χ4n) is 2.35. The molecule has 0 aliphatic carbocycles. The molecule has 120 valence electrons. The summed E-state index contributed by atoms with van der Waals surface area (Å²) in [5, 5.41) is 2.92. The standard InChI is InChI=1S/C19H20FNO2/c1-3-17(15-9-5-7-11-18(15)23-2)21-19(22)13-12-14-8-4-6-10-16(14)20/h4-13,17H,3H2,1-2H3,(H,21,22)/b13-12+. The highest BCUT2D eigenvalue weighted by Gasteiger charge is 2.15. The molecule has 0 saturated heterocycles. The van der Waals surface area contributed by atoms with Crippen molar-refractivity contribution in [2.45, 2.75) is 19.4 Å². The lowest BCUT2D eigenvalue weighted by Gasteiger charge is -2.19. The van der Waals surface area contributed by atoms with Gasteiger partial charge in [-0.15, -0.1) is 0 Å². The van der Waals surface area contributed by atoms with E-state index in [1.54, 1.807) is 25.3 Å². The van der Waals surface area contributed by atoms with Crippen molar-refractivity contribution in [3.63, 3.8) is 0 Å². The van der Waals surface area contributed by atoms with Crippen molar-refractivity contribution in [1.82, 2.24) is 5.32 Å². The Kier molecular flexibility index (Phi) is 5.92. The summed E-state index contributed by atoms with van der Waals surface area (Å²) >= 11 is 0. The first-order valence-corrected chi connectivity index (χ1v) is 7.51. The number of hydrogen-bond donors (Lipinski definition) is 1. The van der Waals surface area contributed by atoms with Gasteiger partial charge in [-0.1, -0.05) is 43.3 Å². The van der Waals surface area contributed by atoms with Crippen LogP contribution >= 0.6 is 0 Å². The highest BCUT2D eigenvalue weighted by Crippen LogP contribution is 2.26. The highest BCUT2D eigenvalue weighted by atomic mass is 19.1. The number of amides is 1. The number of methoxy groups -OCH3 is 1. The van der Waals surface area contributed by atoms with Gasteiger partial charge in [0.1, 0.15) is 11.6 Å². The number of hydrogen-bond acceptors (Lipinski definition) is 2. The van der Waals surface area contributed by atoms with Crippen LogP contribution in [-0.2, 0) is 4.79 Å². The van der Waals surface area contributed by atoms with Crippen LogP contribution in [0.4, 0.5) is 4.39 Å². The van der Waals surface area contributed by atoms with Crippen molar-refractivity contribution in [3.8, 4) is 5.75 Å². The summed E-state index contributed by atoms with van der Waals surface area (Å²) in [4.78, 5) is 12.1. The molecule has 0 bridgehead atoms. The van der Waals surface area contributed by atoms with Gasteiger partial charge in [0.15, 0.2) is 0 Å². The molecule has 1 amide bonds. The van der Waals surface area contributed by atoms with Crippen molar-refractivity contribution in [2.24, 2.45) is 0 Å². The first kappa shape index (κ1) is 16.7. The second kappa shape index (κ2) is 8.13. The van der Waals surface area contributed by atoms with Gasteiger partial charge < -0.3 is 10.1 Å². The van der Waals surface area contributed by atoms with Gasteiger partial charge in [0.05, 0.1) is 13.2 Å². The van der Waals surface area contributed by atoms with Crippen LogP contribution in [-0.4, -0.2) is 13.0 Å². The highest BCUT2D eigenvalue weighted by molar-refractivity contribution is 5.92. The molecule has 0 fully saturated rings. The first-order chi connectivity index (χ1) is 11.2. The average molecular weight is 313 g/mol. The molecule has 1 N–H and O–H groups in total. The zero-order valence-electron chi connectivity index (χ0n) is 13.3. The molecule has 4 heteroatoms. The summed E-state index contributed by atoms with van der Waals surface area (Å²) in [7, 11) is 1.60. The lowest BCUT2D eigenvalue weighted by atomic mass is 10.0. The Morgan fingerprint density at radius 2 is 1.91 bits per heavy atom. The van der Waals surface area contributed by atoms with Crippen LogP contribution in [0.3, 0.4) is 0 Å². The van der Waals surface area contributed by atoms with Gasteiger partial charge in [-0.25, -0.2) is 4.39 Å². The smallest absolute Gasteiger partial charge is 0.244 e. The molecule has 3 nitrogen and oxygen atoms in total. The second-order valence-corrected chi connectivity index (χ2v) is 5.07. The molecule has 2 rings (SSSR count). The van der Waals surface area contributed by atoms with Gasteiger partial charge in [0.2, 0.25) is 5.91 Å². The molecular weight excluding hydrogens is 293 g/mol. The third kappa shape index (κ3) is 4.42. The van der Waals surface area contributed by atoms with E-state index in [2.05, 4.69) is 5.32 Å². The van der Waals surface area contributed by atoms with Crippen LogP contribution in [0.15, 0.2) is 54.6 Å². The Hall–Kier alpha value is -2.62. The Morgan fingerprint density at radius 3 is 2.61 bits per heavy atom. The van der Waals surface area contributed by atoms with E-state index in [0.717, 1.165) is 17.7 Å². The first-order valence-electron chi connectivity index (χ1n) is 7.51. The summed E-state index contributed by atoms with van der Waals surface area (Å²) in [6.07, 6.45) is 3.54. The summed E-state index contributed by atoms with van der Waals surface area (Å²) < 4.78 is 18.9. The van der Waals surface area contributed by atoms with Gasteiger partial charge in [-0.05, 0) is 24.6 Å². The maximum absolute atomic E-state index is 13.5. The van der Waals surface area contributed by atoms with E-state index < -0.39 is 0 Å². The van der Waals surface area contributed by atoms with Crippen molar-refractivity contribution < 1.29 is 13.9 Å². The molecule has 1 unspecified atom stereocenters. The third-order valence-electron chi connectivity index (χ3n) is 3.56. The summed E-state index contributed by atoms with van der Waals surface area (Å²) in [6, 6.07) is 13.7. The summed E-state index contributed by atoms with van der Waals surface area (Å²) in [5.74, 6) is 0.108. The minimum Gasteiger partial charge on any atom is -0.496 e. The monoisotopic (exact) mass is 313 g/mol. The molecule has 0 saturated carbocycles. The van der Waals surface area contributed by atoms with Gasteiger partial charge in [0, 0.05) is 17.2 Å². The predicted molar refractivity (Wildman–Crippen MR) is 89.6 cm³/mol. The molecular formula is C19H20FNO2. The number of carbonyl (C=O) groups excluding carboxylic acids is 1. The molecule has 0 aliphatic rings. The normalized spacial score (nSPS) is 12.1. The van der Waals surface area contributed by atoms with Gasteiger partial charge >= 0.3 is 0 Å². The average Bonchev–Trinajstić information content (AvgIpc) is 2.59.